The third kappa shape index (κ3) is 3.01. The lowest BCUT2D eigenvalue weighted by molar-refractivity contribution is -0.142. The first-order chi connectivity index (χ1) is 10.1. The molecule has 0 aromatic heterocycles. The summed E-state index contributed by atoms with van der Waals surface area (Å²) >= 11 is 0. The molecular weight excluding hydrogens is 268 g/mol. The Labute approximate surface area is 126 Å². The van der Waals surface area contributed by atoms with E-state index in [0.717, 1.165) is 38.8 Å². The molecule has 3 rings (SSSR count). The van der Waals surface area contributed by atoms with E-state index in [9.17, 15) is 14.7 Å². The normalized spacial score (nSPS) is 31.5. The molecule has 118 valence electrons. The van der Waals surface area contributed by atoms with Crippen LogP contribution in [0.25, 0.3) is 0 Å². The van der Waals surface area contributed by atoms with Crippen LogP contribution in [0.4, 0.5) is 4.79 Å². The van der Waals surface area contributed by atoms with E-state index in [0.29, 0.717) is 11.8 Å². The molecule has 2 N–H and O–H groups in total. The quantitative estimate of drug-likeness (QED) is 0.822. The van der Waals surface area contributed by atoms with Crippen LogP contribution in [0.3, 0.4) is 0 Å². The third-order valence-electron chi connectivity index (χ3n) is 5.92. The molecular formula is C16H26N2O3. The summed E-state index contributed by atoms with van der Waals surface area (Å²) in [5.41, 5.74) is 0.508. The van der Waals surface area contributed by atoms with Crippen molar-refractivity contribution in [2.75, 3.05) is 13.1 Å². The molecule has 0 radical (unpaired) electrons. The molecule has 2 amide bonds. The van der Waals surface area contributed by atoms with Crippen molar-refractivity contribution in [2.45, 2.75) is 63.8 Å². The molecule has 1 saturated heterocycles. The maximum absolute atomic E-state index is 12.3. The zero-order valence-corrected chi connectivity index (χ0v) is 12.6. The summed E-state index contributed by atoms with van der Waals surface area (Å²) in [6.45, 7) is 1.66. The van der Waals surface area contributed by atoms with Gasteiger partial charge in [-0.2, -0.15) is 0 Å². The smallest absolute Gasteiger partial charge is 0.317 e. The highest BCUT2D eigenvalue weighted by atomic mass is 16.4. The monoisotopic (exact) mass is 294 g/mol. The van der Waals surface area contributed by atoms with E-state index in [2.05, 4.69) is 5.32 Å². The maximum atomic E-state index is 12.3. The van der Waals surface area contributed by atoms with E-state index in [1.165, 1.54) is 25.7 Å². The predicted octanol–water partition coefficient (Wildman–Crippen LogP) is 2.61. The Kier molecular flexibility index (Phi) is 4.09. The average Bonchev–Trinajstić information content (AvgIpc) is 3.09. The standard InChI is InChI=1S/C16H26N2O3/c19-14(20)12-4-3-5-13(12)17-15(21)18-10-8-16(9-11-18)6-1-2-7-16/h12-13H,1-11H2,(H,17,21)(H,19,20). The lowest BCUT2D eigenvalue weighted by Crippen LogP contribution is -2.51. The van der Waals surface area contributed by atoms with Crippen molar-refractivity contribution in [3.05, 3.63) is 0 Å². The Hall–Kier alpha value is -1.26. The van der Waals surface area contributed by atoms with Gasteiger partial charge in [0.2, 0.25) is 0 Å². The second-order valence-electron chi connectivity index (χ2n) is 7.13. The summed E-state index contributed by atoms with van der Waals surface area (Å²) in [6.07, 6.45) is 9.94. The first-order valence-electron chi connectivity index (χ1n) is 8.38. The lowest BCUT2D eigenvalue weighted by Gasteiger charge is -2.39. The predicted molar refractivity (Wildman–Crippen MR) is 79.0 cm³/mol. The number of rotatable bonds is 2. The summed E-state index contributed by atoms with van der Waals surface area (Å²) in [5, 5.41) is 12.1. The Morgan fingerprint density at radius 1 is 1.00 bits per heavy atom. The van der Waals surface area contributed by atoms with Crippen molar-refractivity contribution in [3.8, 4) is 0 Å². The fourth-order valence-corrected chi connectivity index (χ4v) is 4.49. The van der Waals surface area contributed by atoms with Gasteiger partial charge in [0.05, 0.1) is 5.92 Å². The number of nitrogens with zero attached hydrogens (tertiary/aromatic N) is 1. The molecule has 2 aliphatic carbocycles. The van der Waals surface area contributed by atoms with Crippen LogP contribution in [0.5, 0.6) is 0 Å². The Bertz CT molecular complexity index is 408. The summed E-state index contributed by atoms with van der Waals surface area (Å²) in [5.74, 6) is -1.18. The van der Waals surface area contributed by atoms with Crippen LogP contribution in [-0.2, 0) is 4.79 Å². The molecule has 2 saturated carbocycles. The summed E-state index contributed by atoms with van der Waals surface area (Å²) in [6, 6.07) is -0.238. The lowest BCUT2D eigenvalue weighted by atomic mass is 9.77. The fraction of sp³-hybridized carbons (Fsp3) is 0.875. The van der Waals surface area contributed by atoms with Gasteiger partial charge in [-0.25, -0.2) is 4.79 Å². The summed E-state index contributed by atoms with van der Waals surface area (Å²) in [7, 11) is 0. The number of hydrogen-bond acceptors (Lipinski definition) is 2. The van der Waals surface area contributed by atoms with Crippen LogP contribution in [0, 0.1) is 11.3 Å². The van der Waals surface area contributed by atoms with Crippen molar-refractivity contribution in [1.82, 2.24) is 10.2 Å². The first-order valence-corrected chi connectivity index (χ1v) is 8.38. The van der Waals surface area contributed by atoms with Crippen molar-refractivity contribution in [2.24, 2.45) is 11.3 Å². The highest BCUT2D eigenvalue weighted by Crippen LogP contribution is 2.46. The van der Waals surface area contributed by atoms with E-state index in [-0.39, 0.29) is 12.1 Å². The number of likely N-dealkylation sites (tertiary alicyclic amines) is 1. The second-order valence-corrected chi connectivity index (χ2v) is 7.13. The van der Waals surface area contributed by atoms with Crippen molar-refractivity contribution >= 4 is 12.0 Å². The highest BCUT2D eigenvalue weighted by molar-refractivity contribution is 5.77. The van der Waals surface area contributed by atoms with E-state index >= 15 is 0 Å². The summed E-state index contributed by atoms with van der Waals surface area (Å²) in [4.78, 5) is 25.4. The number of carbonyl (C=O) groups is 2. The van der Waals surface area contributed by atoms with Gasteiger partial charge in [-0.15, -0.1) is 0 Å². The number of hydrogen-bond donors (Lipinski definition) is 2. The number of aliphatic carboxylic acids is 1. The molecule has 1 spiro atoms. The molecule has 0 aromatic rings. The van der Waals surface area contributed by atoms with Crippen LogP contribution in [-0.4, -0.2) is 41.1 Å². The van der Waals surface area contributed by atoms with E-state index < -0.39 is 11.9 Å². The number of carboxylic acid groups (broad SMARTS) is 1. The second kappa shape index (κ2) is 5.85. The number of carbonyl (C=O) groups excluding carboxylic acids is 1. The molecule has 3 fully saturated rings. The molecule has 5 nitrogen and oxygen atoms in total. The third-order valence-corrected chi connectivity index (χ3v) is 5.92. The zero-order valence-electron chi connectivity index (χ0n) is 12.6. The molecule has 0 aromatic carbocycles. The number of nitrogens with one attached hydrogen (secondary N) is 1. The van der Waals surface area contributed by atoms with Crippen molar-refractivity contribution in [1.29, 1.82) is 0 Å². The highest BCUT2D eigenvalue weighted by Gasteiger charge is 2.39. The Balaban J connectivity index is 1.51. The minimum absolute atomic E-state index is 0.0546. The van der Waals surface area contributed by atoms with Gasteiger partial charge in [-0.3, -0.25) is 4.79 Å². The SMILES string of the molecule is O=C(O)C1CCCC1NC(=O)N1CCC2(CCCC2)CC1. The van der Waals surface area contributed by atoms with Crippen LogP contribution in [0.2, 0.25) is 0 Å². The van der Waals surface area contributed by atoms with Gasteiger partial charge in [0.1, 0.15) is 0 Å². The molecule has 2 unspecified atom stereocenters. The number of piperidine rings is 1. The van der Waals surface area contributed by atoms with E-state index in [4.69, 9.17) is 0 Å². The van der Waals surface area contributed by atoms with Crippen LogP contribution >= 0.6 is 0 Å². The van der Waals surface area contributed by atoms with Crippen LogP contribution < -0.4 is 5.32 Å². The molecule has 21 heavy (non-hydrogen) atoms. The number of urea groups is 1. The van der Waals surface area contributed by atoms with Crippen LogP contribution in [0.1, 0.15) is 57.8 Å². The number of amides is 2. The van der Waals surface area contributed by atoms with Crippen molar-refractivity contribution < 1.29 is 14.7 Å². The minimum Gasteiger partial charge on any atom is -0.481 e. The molecule has 1 heterocycles. The molecule has 2 atom stereocenters. The van der Waals surface area contributed by atoms with Gasteiger partial charge in [0, 0.05) is 19.1 Å². The van der Waals surface area contributed by atoms with Gasteiger partial charge < -0.3 is 15.3 Å². The van der Waals surface area contributed by atoms with Gasteiger partial charge in [0.15, 0.2) is 0 Å². The molecule has 3 aliphatic rings. The first kappa shape index (κ1) is 14.7. The zero-order chi connectivity index (χ0) is 14.9. The maximum Gasteiger partial charge on any atom is 0.317 e. The van der Waals surface area contributed by atoms with Gasteiger partial charge in [-0.05, 0) is 43.9 Å². The number of carboxylic acids is 1. The van der Waals surface area contributed by atoms with Crippen LogP contribution in [0.15, 0.2) is 0 Å². The largest absolute Gasteiger partial charge is 0.481 e. The van der Waals surface area contributed by atoms with E-state index in [1.807, 2.05) is 4.90 Å². The van der Waals surface area contributed by atoms with Crippen molar-refractivity contribution in [3.63, 3.8) is 0 Å². The molecule has 1 aliphatic heterocycles. The van der Waals surface area contributed by atoms with Gasteiger partial charge in [0.25, 0.3) is 0 Å². The molecule has 5 heteroatoms. The average molecular weight is 294 g/mol. The molecule has 0 bridgehead atoms. The minimum atomic E-state index is -0.777. The van der Waals surface area contributed by atoms with Gasteiger partial charge in [-0.1, -0.05) is 19.3 Å². The Morgan fingerprint density at radius 2 is 1.67 bits per heavy atom. The summed E-state index contributed by atoms with van der Waals surface area (Å²) < 4.78 is 0. The van der Waals surface area contributed by atoms with E-state index in [1.54, 1.807) is 0 Å². The Morgan fingerprint density at radius 3 is 2.29 bits per heavy atom. The topological polar surface area (TPSA) is 69.6 Å². The van der Waals surface area contributed by atoms with Gasteiger partial charge >= 0.3 is 12.0 Å². The fourth-order valence-electron chi connectivity index (χ4n) is 4.49.